The molecular formula is C9H14. The lowest BCUT2D eigenvalue weighted by Crippen LogP contribution is -2.08. The van der Waals surface area contributed by atoms with Crippen LogP contribution in [0.5, 0.6) is 0 Å². The van der Waals surface area contributed by atoms with Crippen LogP contribution in [0.2, 0.25) is 0 Å². The van der Waals surface area contributed by atoms with Crippen LogP contribution in [0.15, 0.2) is 0 Å². The molecule has 0 heterocycles. The van der Waals surface area contributed by atoms with E-state index in [2.05, 4.69) is 13.8 Å². The molecule has 4 atom stereocenters. The Kier molecular flexibility index (Phi) is 0.470. The van der Waals surface area contributed by atoms with Crippen LogP contribution in [0.1, 0.15) is 33.1 Å². The predicted molar refractivity (Wildman–Crippen MR) is 37.0 cm³/mol. The molecule has 9 heavy (non-hydrogen) atoms. The third kappa shape index (κ3) is 0.300. The summed E-state index contributed by atoms with van der Waals surface area (Å²) in [6.07, 6.45) is 4.69. The molecule has 0 nitrogen and oxygen atoms in total. The summed E-state index contributed by atoms with van der Waals surface area (Å²) < 4.78 is 0. The Morgan fingerprint density at radius 3 is 1.67 bits per heavy atom. The molecule has 3 saturated carbocycles. The van der Waals surface area contributed by atoms with Crippen LogP contribution in [0, 0.1) is 22.7 Å². The van der Waals surface area contributed by atoms with Crippen molar-refractivity contribution in [3.8, 4) is 0 Å². The molecule has 0 heteroatoms. The molecule has 0 aromatic rings. The van der Waals surface area contributed by atoms with Gasteiger partial charge in [0, 0.05) is 0 Å². The van der Waals surface area contributed by atoms with Crippen LogP contribution in [0.25, 0.3) is 0 Å². The van der Waals surface area contributed by atoms with Gasteiger partial charge in [-0.25, -0.2) is 0 Å². The van der Waals surface area contributed by atoms with Crippen LogP contribution < -0.4 is 0 Å². The molecule has 3 aliphatic rings. The van der Waals surface area contributed by atoms with Gasteiger partial charge in [0.2, 0.25) is 0 Å². The summed E-state index contributed by atoms with van der Waals surface area (Å²) in [6, 6.07) is 0. The molecule has 0 aromatic heterocycles. The van der Waals surface area contributed by atoms with Crippen molar-refractivity contribution in [1.82, 2.24) is 0 Å². The first-order chi connectivity index (χ1) is 4.17. The molecule has 0 radical (unpaired) electrons. The standard InChI is InChI=1S/C9H14/c1-8-4-6(8)3-7-5-9(7,8)2/h6-7H,3-5H2,1-2H3. The van der Waals surface area contributed by atoms with Crippen LogP contribution in [0.3, 0.4) is 0 Å². The average Bonchev–Trinajstić information content (AvgIpc) is 2.55. The summed E-state index contributed by atoms with van der Waals surface area (Å²) >= 11 is 0. The SMILES string of the molecule is CC12CC1CC1CC12C. The zero-order valence-electron chi connectivity index (χ0n) is 6.28. The van der Waals surface area contributed by atoms with Crippen molar-refractivity contribution in [3.63, 3.8) is 0 Å². The minimum absolute atomic E-state index is 0.831. The summed E-state index contributed by atoms with van der Waals surface area (Å²) in [7, 11) is 0. The Bertz CT molecular complexity index is 164. The van der Waals surface area contributed by atoms with Crippen molar-refractivity contribution >= 4 is 0 Å². The first-order valence-electron chi connectivity index (χ1n) is 4.17. The van der Waals surface area contributed by atoms with Gasteiger partial charge in [0.1, 0.15) is 0 Å². The van der Waals surface area contributed by atoms with Crippen molar-refractivity contribution in [3.05, 3.63) is 0 Å². The van der Waals surface area contributed by atoms with Crippen molar-refractivity contribution in [1.29, 1.82) is 0 Å². The van der Waals surface area contributed by atoms with Crippen LogP contribution >= 0.6 is 0 Å². The van der Waals surface area contributed by atoms with Gasteiger partial charge in [-0.15, -0.1) is 0 Å². The number of rotatable bonds is 0. The lowest BCUT2D eigenvalue weighted by atomic mass is 9.90. The molecule has 4 unspecified atom stereocenters. The molecule has 3 fully saturated rings. The normalized spacial score (nSPS) is 75.3. The Balaban J connectivity index is 2.09. The number of fused-ring (bicyclic) bond motifs is 3. The molecular weight excluding hydrogens is 108 g/mol. The molecule has 3 rings (SSSR count). The van der Waals surface area contributed by atoms with Crippen LogP contribution in [-0.2, 0) is 0 Å². The van der Waals surface area contributed by atoms with E-state index in [4.69, 9.17) is 0 Å². The minimum atomic E-state index is 0.831. The van der Waals surface area contributed by atoms with E-state index in [0.29, 0.717) is 0 Å². The average molecular weight is 122 g/mol. The highest BCUT2D eigenvalue weighted by atomic mass is 14.8. The van der Waals surface area contributed by atoms with Crippen molar-refractivity contribution in [2.24, 2.45) is 22.7 Å². The van der Waals surface area contributed by atoms with Gasteiger partial charge in [-0.1, -0.05) is 13.8 Å². The number of hydrogen-bond donors (Lipinski definition) is 0. The van der Waals surface area contributed by atoms with Crippen molar-refractivity contribution in [2.75, 3.05) is 0 Å². The maximum Gasteiger partial charge on any atom is -0.0238 e. The smallest absolute Gasteiger partial charge is 0.0238 e. The zero-order valence-corrected chi connectivity index (χ0v) is 6.28. The number of hydrogen-bond acceptors (Lipinski definition) is 0. The first-order valence-corrected chi connectivity index (χ1v) is 4.17. The summed E-state index contributed by atoms with van der Waals surface area (Å²) in [6.45, 7) is 5.01. The fourth-order valence-electron chi connectivity index (χ4n) is 3.34. The van der Waals surface area contributed by atoms with E-state index < -0.39 is 0 Å². The second kappa shape index (κ2) is 0.889. The predicted octanol–water partition coefficient (Wildman–Crippen LogP) is 2.44. The van der Waals surface area contributed by atoms with Gasteiger partial charge in [0.15, 0.2) is 0 Å². The second-order valence-corrected chi connectivity index (χ2v) is 4.87. The molecule has 0 saturated heterocycles. The molecule has 0 amide bonds. The Morgan fingerprint density at radius 1 is 1.00 bits per heavy atom. The van der Waals surface area contributed by atoms with E-state index >= 15 is 0 Å². The molecule has 0 bridgehead atoms. The molecule has 0 aromatic carbocycles. The van der Waals surface area contributed by atoms with E-state index in [1.807, 2.05) is 0 Å². The van der Waals surface area contributed by atoms with E-state index in [-0.39, 0.29) is 0 Å². The Labute approximate surface area is 56.6 Å². The molecule has 3 aliphatic carbocycles. The zero-order chi connectivity index (χ0) is 6.28. The summed E-state index contributed by atoms with van der Waals surface area (Å²) in [4.78, 5) is 0. The highest BCUT2D eigenvalue weighted by molar-refractivity contribution is 5.25. The van der Waals surface area contributed by atoms with Crippen LogP contribution in [0.4, 0.5) is 0 Å². The van der Waals surface area contributed by atoms with Gasteiger partial charge in [-0.3, -0.25) is 0 Å². The second-order valence-electron chi connectivity index (χ2n) is 4.87. The molecule has 50 valence electrons. The molecule has 0 N–H and O–H groups in total. The first kappa shape index (κ1) is 4.76. The highest BCUT2D eigenvalue weighted by Crippen LogP contribution is 2.84. The van der Waals surface area contributed by atoms with Gasteiger partial charge in [0.25, 0.3) is 0 Å². The fourth-order valence-corrected chi connectivity index (χ4v) is 3.34. The maximum atomic E-state index is 2.50. The largest absolute Gasteiger partial charge is 0.0588 e. The Hall–Kier alpha value is 0. The van der Waals surface area contributed by atoms with Crippen molar-refractivity contribution in [2.45, 2.75) is 33.1 Å². The summed E-state index contributed by atoms with van der Waals surface area (Å²) in [5.41, 5.74) is 1.66. The molecule has 0 spiro atoms. The Morgan fingerprint density at radius 2 is 1.44 bits per heavy atom. The van der Waals surface area contributed by atoms with E-state index in [1.54, 1.807) is 19.3 Å². The maximum absolute atomic E-state index is 2.50. The fraction of sp³-hybridized carbons (Fsp3) is 1.00. The van der Waals surface area contributed by atoms with E-state index in [9.17, 15) is 0 Å². The lowest BCUT2D eigenvalue weighted by Gasteiger charge is -2.15. The van der Waals surface area contributed by atoms with Gasteiger partial charge >= 0.3 is 0 Å². The summed E-state index contributed by atoms with van der Waals surface area (Å²) in [5, 5.41) is 0. The highest BCUT2D eigenvalue weighted by Gasteiger charge is 2.76. The lowest BCUT2D eigenvalue weighted by molar-refractivity contribution is 0.335. The van der Waals surface area contributed by atoms with Gasteiger partial charge in [-0.05, 0) is 41.9 Å². The van der Waals surface area contributed by atoms with Gasteiger partial charge < -0.3 is 0 Å². The molecule has 0 aliphatic heterocycles. The van der Waals surface area contributed by atoms with E-state index in [0.717, 1.165) is 22.7 Å². The summed E-state index contributed by atoms with van der Waals surface area (Å²) in [5.74, 6) is 2.31. The third-order valence-corrected chi connectivity index (χ3v) is 4.70. The minimum Gasteiger partial charge on any atom is -0.0588 e. The quantitative estimate of drug-likeness (QED) is 0.463. The van der Waals surface area contributed by atoms with Crippen molar-refractivity contribution < 1.29 is 0 Å². The van der Waals surface area contributed by atoms with E-state index in [1.165, 1.54) is 0 Å². The van der Waals surface area contributed by atoms with Crippen LogP contribution in [-0.4, -0.2) is 0 Å². The topological polar surface area (TPSA) is 0 Å². The monoisotopic (exact) mass is 122 g/mol. The van der Waals surface area contributed by atoms with Gasteiger partial charge in [-0.2, -0.15) is 0 Å². The van der Waals surface area contributed by atoms with Gasteiger partial charge in [0.05, 0.1) is 0 Å². The third-order valence-electron chi connectivity index (χ3n) is 4.70.